The molecule has 7 nitrogen and oxygen atoms in total. The summed E-state index contributed by atoms with van der Waals surface area (Å²) in [6, 6.07) is 7.65. The minimum absolute atomic E-state index is 0.271. The van der Waals surface area contributed by atoms with E-state index < -0.39 is 0 Å². The molecule has 0 unspecified atom stereocenters. The van der Waals surface area contributed by atoms with Crippen molar-refractivity contribution in [2.75, 3.05) is 31.1 Å². The Morgan fingerprint density at radius 2 is 1.91 bits per heavy atom. The van der Waals surface area contributed by atoms with E-state index in [4.69, 9.17) is 21.6 Å². The number of fused-ring (bicyclic) bond motifs is 1. The van der Waals surface area contributed by atoms with Crippen LogP contribution in [0, 0.1) is 5.92 Å². The Morgan fingerprint density at radius 3 is 2.62 bits per heavy atom. The number of carbonyl (C=O) groups excluding carboxylic acids is 1. The Morgan fingerprint density at radius 1 is 1.12 bits per heavy atom. The number of nitrogens with zero attached hydrogens (tertiary/aromatic N) is 6. The van der Waals surface area contributed by atoms with Gasteiger partial charge in [0.25, 0.3) is 0 Å². The van der Waals surface area contributed by atoms with Gasteiger partial charge in [-0.05, 0) is 37.0 Å². The average molecular weight is 483 g/mol. The fourth-order valence-electron chi connectivity index (χ4n) is 4.36. The Kier molecular flexibility index (Phi) is 8.03. The molecule has 0 radical (unpaired) electrons. The highest BCUT2D eigenvalue weighted by molar-refractivity contribution is 6.30. The molecule has 1 aliphatic heterocycles. The van der Waals surface area contributed by atoms with Crippen LogP contribution in [0.2, 0.25) is 5.02 Å². The molecule has 1 amide bonds. The normalized spacial score (nSPS) is 14.4. The number of aromatic nitrogens is 4. The van der Waals surface area contributed by atoms with Gasteiger partial charge in [0.15, 0.2) is 5.65 Å². The molecule has 0 N–H and O–H groups in total. The van der Waals surface area contributed by atoms with Gasteiger partial charge >= 0.3 is 0 Å². The lowest BCUT2D eigenvalue weighted by molar-refractivity contribution is -0.131. The molecule has 4 rings (SSSR count). The minimum Gasteiger partial charge on any atom is -0.352 e. The number of amides is 1. The number of carbonyl (C=O) groups is 1. The van der Waals surface area contributed by atoms with Gasteiger partial charge in [0.05, 0.1) is 17.3 Å². The van der Waals surface area contributed by atoms with Gasteiger partial charge in [0.2, 0.25) is 5.91 Å². The Labute approximate surface area is 207 Å². The number of benzene rings is 1. The van der Waals surface area contributed by atoms with E-state index in [1.165, 1.54) is 0 Å². The minimum atomic E-state index is 0.271. The number of unbranched alkanes of at least 4 members (excludes halogenated alkanes) is 2. The van der Waals surface area contributed by atoms with Crippen molar-refractivity contribution in [1.82, 2.24) is 24.6 Å². The van der Waals surface area contributed by atoms with Crippen molar-refractivity contribution in [2.24, 2.45) is 5.92 Å². The van der Waals surface area contributed by atoms with Crippen LogP contribution in [0.5, 0.6) is 0 Å². The quantitative estimate of drug-likeness (QED) is 0.388. The van der Waals surface area contributed by atoms with Gasteiger partial charge in [0.1, 0.15) is 11.6 Å². The molecule has 1 aliphatic rings. The van der Waals surface area contributed by atoms with E-state index in [1.54, 1.807) is 0 Å². The van der Waals surface area contributed by atoms with Crippen LogP contribution >= 0.6 is 11.6 Å². The zero-order valence-corrected chi connectivity index (χ0v) is 21.3. The third kappa shape index (κ3) is 5.69. The van der Waals surface area contributed by atoms with Crippen LogP contribution in [0.25, 0.3) is 16.7 Å². The summed E-state index contributed by atoms with van der Waals surface area (Å²) >= 11 is 6.25. The number of anilines is 1. The molecule has 0 bridgehead atoms. The van der Waals surface area contributed by atoms with E-state index in [1.807, 2.05) is 40.0 Å². The number of halogens is 1. The lowest BCUT2D eigenvalue weighted by Gasteiger charge is -2.35. The molecule has 34 heavy (non-hydrogen) atoms. The Balaban J connectivity index is 1.61. The predicted molar refractivity (Wildman–Crippen MR) is 138 cm³/mol. The summed E-state index contributed by atoms with van der Waals surface area (Å²) in [5.41, 5.74) is 1.67. The maximum absolute atomic E-state index is 12.6. The molecular weight excluding hydrogens is 448 g/mol. The summed E-state index contributed by atoms with van der Waals surface area (Å²) < 4.78 is 1.85. The molecule has 3 heterocycles. The van der Waals surface area contributed by atoms with Crippen molar-refractivity contribution in [3.63, 3.8) is 0 Å². The summed E-state index contributed by atoms with van der Waals surface area (Å²) in [6.45, 7) is 9.56. The molecule has 3 aromatic rings. The fourth-order valence-corrected chi connectivity index (χ4v) is 4.54. The van der Waals surface area contributed by atoms with E-state index in [0.717, 1.165) is 86.6 Å². The standard InChI is InChI=1S/C26H35ClN6O/c1-4-5-6-10-24(34)31-13-15-32(16-14-31)25-22-18-28-33(21-9-7-8-20(27)17-21)26(22)30-23(29-25)12-11-19(2)3/h7-9,17-19H,4-6,10-16H2,1-3H3. The topological polar surface area (TPSA) is 67.2 Å². The summed E-state index contributed by atoms with van der Waals surface area (Å²) in [4.78, 5) is 26.7. The van der Waals surface area contributed by atoms with Gasteiger partial charge in [-0.25, -0.2) is 14.6 Å². The Hall–Kier alpha value is -2.67. The molecule has 8 heteroatoms. The van der Waals surface area contributed by atoms with Crippen LogP contribution in [0.4, 0.5) is 5.82 Å². The molecule has 2 aromatic heterocycles. The largest absolute Gasteiger partial charge is 0.352 e. The lowest BCUT2D eigenvalue weighted by atomic mass is 10.1. The van der Waals surface area contributed by atoms with Crippen molar-refractivity contribution >= 4 is 34.4 Å². The zero-order chi connectivity index (χ0) is 24.1. The fraction of sp³-hybridized carbons (Fsp3) is 0.538. The van der Waals surface area contributed by atoms with Crippen molar-refractivity contribution in [1.29, 1.82) is 0 Å². The second-order valence-corrected chi connectivity index (χ2v) is 9.93. The lowest BCUT2D eigenvalue weighted by Crippen LogP contribution is -2.49. The summed E-state index contributed by atoms with van der Waals surface area (Å²) in [5.74, 6) is 2.59. The van der Waals surface area contributed by atoms with Crippen LogP contribution < -0.4 is 4.90 Å². The molecular formula is C26H35ClN6O. The van der Waals surface area contributed by atoms with E-state index in [-0.39, 0.29) is 5.91 Å². The highest BCUT2D eigenvalue weighted by Crippen LogP contribution is 2.28. The molecule has 1 saturated heterocycles. The van der Waals surface area contributed by atoms with Gasteiger partial charge in [-0.3, -0.25) is 4.79 Å². The van der Waals surface area contributed by atoms with Gasteiger partial charge in [-0.2, -0.15) is 5.10 Å². The van der Waals surface area contributed by atoms with E-state index in [0.29, 0.717) is 17.4 Å². The molecule has 0 saturated carbocycles. The summed E-state index contributed by atoms with van der Waals surface area (Å²) in [5, 5.41) is 6.24. The van der Waals surface area contributed by atoms with Gasteiger partial charge in [0, 0.05) is 44.0 Å². The van der Waals surface area contributed by atoms with Crippen LogP contribution in [0.15, 0.2) is 30.5 Å². The molecule has 1 aromatic carbocycles. The summed E-state index contributed by atoms with van der Waals surface area (Å²) in [6.07, 6.45) is 7.56. The first kappa shape index (κ1) is 24.5. The SMILES string of the molecule is CCCCCC(=O)N1CCN(c2nc(CCC(C)C)nc3c2cnn3-c2cccc(Cl)c2)CC1. The number of aryl methyl sites for hydroxylation is 1. The van der Waals surface area contributed by atoms with Crippen molar-refractivity contribution in [3.05, 3.63) is 41.3 Å². The number of rotatable bonds is 9. The number of hydrogen-bond donors (Lipinski definition) is 0. The third-order valence-corrected chi connectivity index (χ3v) is 6.61. The van der Waals surface area contributed by atoms with Crippen LogP contribution in [0.3, 0.4) is 0 Å². The van der Waals surface area contributed by atoms with Gasteiger partial charge < -0.3 is 9.80 Å². The maximum atomic E-state index is 12.6. The van der Waals surface area contributed by atoms with E-state index in [2.05, 4.69) is 30.8 Å². The second kappa shape index (κ2) is 11.2. The van der Waals surface area contributed by atoms with Gasteiger partial charge in [-0.1, -0.05) is 51.3 Å². The van der Waals surface area contributed by atoms with E-state index >= 15 is 0 Å². The first-order chi connectivity index (χ1) is 16.5. The van der Waals surface area contributed by atoms with E-state index in [9.17, 15) is 4.79 Å². The molecule has 182 valence electrons. The zero-order valence-electron chi connectivity index (χ0n) is 20.5. The van der Waals surface area contributed by atoms with Crippen molar-refractivity contribution < 1.29 is 4.79 Å². The molecule has 0 spiro atoms. The Bertz CT molecular complexity index is 1120. The smallest absolute Gasteiger partial charge is 0.222 e. The van der Waals surface area contributed by atoms with Crippen LogP contribution in [-0.4, -0.2) is 56.7 Å². The predicted octanol–water partition coefficient (Wildman–Crippen LogP) is 5.29. The first-order valence-corrected chi connectivity index (χ1v) is 12.9. The van der Waals surface area contributed by atoms with Crippen LogP contribution in [0.1, 0.15) is 58.7 Å². The maximum Gasteiger partial charge on any atom is 0.222 e. The summed E-state index contributed by atoms with van der Waals surface area (Å²) in [7, 11) is 0. The number of piperazine rings is 1. The first-order valence-electron chi connectivity index (χ1n) is 12.5. The van der Waals surface area contributed by atoms with Crippen LogP contribution in [-0.2, 0) is 11.2 Å². The second-order valence-electron chi connectivity index (χ2n) is 9.49. The molecule has 0 atom stereocenters. The highest BCUT2D eigenvalue weighted by atomic mass is 35.5. The average Bonchev–Trinajstić information content (AvgIpc) is 3.26. The van der Waals surface area contributed by atoms with Gasteiger partial charge in [-0.15, -0.1) is 0 Å². The monoisotopic (exact) mass is 482 g/mol. The number of hydrogen-bond acceptors (Lipinski definition) is 5. The highest BCUT2D eigenvalue weighted by Gasteiger charge is 2.25. The van der Waals surface area contributed by atoms with Crippen molar-refractivity contribution in [2.45, 2.75) is 59.3 Å². The third-order valence-electron chi connectivity index (χ3n) is 6.38. The van der Waals surface area contributed by atoms with Crippen molar-refractivity contribution in [3.8, 4) is 5.69 Å². The molecule has 0 aliphatic carbocycles. The molecule has 1 fully saturated rings.